The van der Waals surface area contributed by atoms with Gasteiger partial charge in [-0.25, -0.2) is 12.8 Å². The van der Waals surface area contributed by atoms with Crippen molar-refractivity contribution in [1.29, 1.82) is 0 Å². The zero-order valence-electron chi connectivity index (χ0n) is 12.0. The molecule has 1 aromatic carbocycles. The summed E-state index contributed by atoms with van der Waals surface area (Å²) in [7, 11) is -0.627. The second-order valence-electron chi connectivity index (χ2n) is 4.60. The highest BCUT2D eigenvalue weighted by Gasteiger charge is 2.28. The number of H-pyrrole nitrogens is 1. The zero-order chi connectivity index (χ0) is 15.6. The lowest BCUT2D eigenvalue weighted by Gasteiger charge is -2.20. The van der Waals surface area contributed by atoms with Gasteiger partial charge in [0.25, 0.3) is 10.0 Å². The lowest BCUT2D eigenvalue weighted by Crippen LogP contribution is -2.28. The summed E-state index contributed by atoms with van der Waals surface area (Å²) >= 11 is 0. The maximum atomic E-state index is 13.0. The minimum absolute atomic E-state index is 0.142. The van der Waals surface area contributed by atoms with Gasteiger partial charge in [-0.1, -0.05) is 0 Å². The van der Waals surface area contributed by atoms with E-state index in [4.69, 9.17) is 0 Å². The van der Waals surface area contributed by atoms with E-state index in [1.54, 1.807) is 14.0 Å². The number of aromatic nitrogens is 2. The van der Waals surface area contributed by atoms with Crippen LogP contribution < -0.4 is 9.62 Å². The van der Waals surface area contributed by atoms with Crippen molar-refractivity contribution < 1.29 is 12.8 Å². The molecule has 2 rings (SSSR count). The number of aryl methyl sites for hydroxylation is 1. The first-order valence-electron chi connectivity index (χ1n) is 6.31. The van der Waals surface area contributed by atoms with Crippen LogP contribution in [-0.4, -0.2) is 32.7 Å². The van der Waals surface area contributed by atoms with E-state index in [9.17, 15) is 12.8 Å². The van der Waals surface area contributed by atoms with E-state index in [1.165, 1.54) is 31.3 Å². The van der Waals surface area contributed by atoms with Crippen LogP contribution in [0.4, 0.5) is 10.1 Å². The average molecular weight is 312 g/mol. The van der Waals surface area contributed by atoms with Crippen molar-refractivity contribution in [3.63, 3.8) is 0 Å². The van der Waals surface area contributed by atoms with Crippen molar-refractivity contribution in [3.05, 3.63) is 41.5 Å². The predicted octanol–water partition coefficient (Wildman–Crippen LogP) is 1.40. The van der Waals surface area contributed by atoms with Gasteiger partial charge in [-0.2, -0.15) is 5.10 Å². The molecule has 0 aliphatic carbocycles. The fourth-order valence-electron chi connectivity index (χ4n) is 2.03. The van der Waals surface area contributed by atoms with Crippen molar-refractivity contribution in [3.8, 4) is 0 Å². The smallest absolute Gasteiger partial charge is 0.267 e. The van der Waals surface area contributed by atoms with Crippen molar-refractivity contribution in [1.82, 2.24) is 15.5 Å². The molecule has 6 nitrogen and oxygen atoms in total. The van der Waals surface area contributed by atoms with Crippen LogP contribution in [0.15, 0.2) is 29.2 Å². The largest absolute Gasteiger partial charge is 0.314 e. The normalized spacial score (nSPS) is 11.6. The molecule has 114 valence electrons. The molecule has 0 bridgehead atoms. The van der Waals surface area contributed by atoms with Crippen molar-refractivity contribution in [2.45, 2.75) is 18.4 Å². The fourth-order valence-corrected chi connectivity index (χ4v) is 3.55. The molecule has 0 spiro atoms. The second kappa shape index (κ2) is 5.82. The van der Waals surface area contributed by atoms with Crippen molar-refractivity contribution in [2.24, 2.45) is 0 Å². The van der Waals surface area contributed by atoms with E-state index in [0.29, 0.717) is 23.6 Å². The number of nitrogens with one attached hydrogen (secondary N) is 2. The lowest BCUT2D eigenvalue weighted by molar-refractivity contribution is 0.591. The molecule has 0 aliphatic heterocycles. The molecular formula is C13H17FN4O2S. The number of rotatable bonds is 5. The summed E-state index contributed by atoms with van der Waals surface area (Å²) in [6.45, 7) is 1.98. The van der Waals surface area contributed by atoms with Gasteiger partial charge in [0, 0.05) is 13.6 Å². The summed E-state index contributed by atoms with van der Waals surface area (Å²) in [6, 6.07) is 5.27. The number of halogens is 1. The summed E-state index contributed by atoms with van der Waals surface area (Å²) in [5.41, 5.74) is 1.27. The minimum Gasteiger partial charge on any atom is -0.314 e. The van der Waals surface area contributed by atoms with Crippen LogP contribution in [0.2, 0.25) is 0 Å². The molecule has 0 saturated carbocycles. The number of benzene rings is 1. The molecule has 0 atom stereocenters. The standard InChI is InChI=1S/C13H17FN4O2S/c1-9-13(12(8-15-2)17-16-9)21(19,20)18(3)11-6-4-10(14)5-7-11/h4-7,15H,8H2,1-3H3,(H,16,17). The van der Waals surface area contributed by atoms with Gasteiger partial charge >= 0.3 is 0 Å². The molecule has 1 heterocycles. The van der Waals surface area contributed by atoms with Crippen molar-refractivity contribution >= 4 is 15.7 Å². The van der Waals surface area contributed by atoms with Crippen LogP contribution in [0.25, 0.3) is 0 Å². The number of anilines is 1. The first kappa shape index (κ1) is 15.5. The molecular weight excluding hydrogens is 295 g/mol. The van der Waals surface area contributed by atoms with Gasteiger partial charge in [0.15, 0.2) is 0 Å². The molecule has 1 aromatic heterocycles. The third-order valence-corrected chi connectivity index (χ3v) is 5.10. The molecule has 0 aliphatic rings. The molecule has 0 fully saturated rings. The summed E-state index contributed by atoms with van der Waals surface area (Å²) in [4.78, 5) is 0.142. The molecule has 0 saturated heterocycles. The summed E-state index contributed by atoms with van der Waals surface area (Å²) in [6.07, 6.45) is 0. The lowest BCUT2D eigenvalue weighted by atomic mass is 10.3. The molecule has 21 heavy (non-hydrogen) atoms. The first-order chi connectivity index (χ1) is 9.87. The molecule has 2 aromatic rings. The Morgan fingerprint density at radius 1 is 1.33 bits per heavy atom. The predicted molar refractivity (Wildman–Crippen MR) is 78.1 cm³/mol. The van der Waals surface area contributed by atoms with E-state index in [-0.39, 0.29) is 4.90 Å². The Labute approximate surface area is 123 Å². The summed E-state index contributed by atoms with van der Waals surface area (Å²) in [5.74, 6) is -0.417. The Balaban J connectivity index is 2.46. The topological polar surface area (TPSA) is 78.1 Å². The Morgan fingerprint density at radius 2 is 1.95 bits per heavy atom. The maximum absolute atomic E-state index is 13.0. The second-order valence-corrected chi connectivity index (χ2v) is 6.51. The van der Waals surface area contributed by atoms with E-state index < -0.39 is 15.8 Å². The Bertz CT molecular complexity index is 725. The van der Waals surface area contributed by atoms with E-state index in [1.807, 2.05) is 0 Å². The minimum atomic E-state index is -3.77. The molecule has 0 amide bonds. The average Bonchev–Trinajstić information content (AvgIpc) is 2.81. The van der Waals surface area contributed by atoms with Gasteiger partial charge < -0.3 is 5.32 Å². The van der Waals surface area contributed by atoms with Crippen LogP contribution >= 0.6 is 0 Å². The Morgan fingerprint density at radius 3 is 2.52 bits per heavy atom. The highest BCUT2D eigenvalue weighted by molar-refractivity contribution is 7.92. The van der Waals surface area contributed by atoms with Gasteiger partial charge in [-0.05, 0) is 38.2 Å². The molecule has 0 unspecified atom stereocenters. The van der Waals surface area contributed by atoms with Crippen LogP contribution in [0.1, 0.15) is 11.4 Å². The first-order valence-corrected chi connectivity index (χ1v) is 7.75. The van der Waals surface area contributed by atoms with Gasteiger partial charge in [-0.15, -0.1) is 0 Å². The van der Waals surface area contributed by atoms with Gasteiger partial charge in [0.1, 0.15) is 10.7 Å². The fraction of sp³-hybridized carbons (Fsp3) is 0.308. The van der Waals surface area contributed by atoms with Gasteiger partial charge in [-0.3, -0.25) is 9.40 Å². The number of sulfonamides is 1. The van der Waals surface area contributed by atoms with E-state index in [0.717, 1.165) is 4.31 Å². The Kier molecular flexibility index (Phi) is 4.29. The number of hydrogen-bond acceptors (Lipinski definition) is 4. The molecule has 0 radical (unpaired) electrons. The van der Waals surface area contributed by atoms with E-state index >= 15 is 0 Å². The van der Waals surface area contributed by atoms with Crippen LogP contribution in [0.5, 0.6) is 0 Å². The number of hydrogen-bond donors (Lipinski definition) is 2. The highest BCUT2D eigenvalue weighted by Crippen LogP contribution is 2.26. The number of nitrogens with zero attached hydrogens (tertiary/aromatic N) is 2. The van der Waals surface area contributed by atoms with Crippen LogP contribution in [-0.2, 0) is 16.6 Å². The monoisotopic (exact) mass is 312 g/mol. The van der Waals surface area contributed by atoms with Crippen LogP contribution in [0, 0.1) is 12.7 Å². The third kappa shape index (κ3) is 2.91. The van der Waals surface area contributed by atoms with Crippen molar-refractivity contribution in [2.75, 3.05) is 18.4 Å². The SMILES string of the molecule is CNCc1n[nH]c(C)c1S(=O)(=O)N(C)c1ccc(F)cc1. The zero-order valence-corrected chi connectivity index (χ0v) is 12.8. The quantitative estimate of drug-likeness (QED) is 0.875. The van der Waals surface area contributed by atoms with Gasteiger partial charge in [0.05, 0.1) is 17.1 Å². The Hall–Kier alpha value is -1.93. The highest BCUT2D eigenvalue weighted by atomic mass is 32.2. The van der Waals surface area contributed by atoms with Gasteiger partial charge in [0.2, 0.25) is 0 Å². The molecule has 8 heteroatoms. The third-order valence-electron chi connectivity index (χ3n) is 3.11. The summed E-state index contributed by atoms with van der Waals surface area (Å²) in [5, 5.41) is 9.58. The molecule has 2 N–H and O–H groups in total. The maximum Gasteiger partial charge on any atom is 0.267 e. The van der Waals surface area contributed by atoms with Crippen LogP contribution in [0.3, 0.4) is 0 Å². The summed E-state index contributed by atoms with van der Waals surface area (Å²) < 4.78 is 39.6. The number of aromatic amines is 1. The van der Waals surface area contributed by atoms with E-state index in [2.05, 4.69) is 15.5 Å².